The van der Waals surface area contributed by atoms with Gasteiger partial charge >= 0.3 is 17.9 Å². The summed E-state index contributed by atoms with van der Waals surface area (Å²) in [5, 5.41) is 33.7. The molecule has 2 heterocycles. The smallest absolute Gasteiger partial charge is 0.349 e. The average Bonchev–Trinajstić information content (AvgIpc) is 3.05. The number of carbonyl (C=O) groups excluding carboxylic acids is 4. The first-order valence-corrected chi connectivity index (χ1v) is 12.5. The van der Waals surface area contributed by atoms with Gasteiger partial charge < -0.3 is 40.0 Å². The van der Waals surface area contributed by atoms with E-state index < -0.39 is 87.7 Å². The zero-order valence-corrected chi connectivity index (χ0v) is 21.8. The minimum absolute atomic E-state index is 0.0823. The Bertz CT molecular complexity index is 1210. The second-order valence-electron chi connectivity index (χ2n) is 11.7. The number of esters is 3. The second kappa shape index (κ2) is 8.10. The molecule has 1 spiro atoms. The lowest BCUT2D eigenvalue weighted by Gasteiger charge is -2.70. The van der Waals surface area contributed by atoms with Gasteiger partial charge in [0.2, 0.25) is 11.7 Å². The molecule has 4 fully saturated rings. The summed E-state index contributed by atoms with van der Waals surface area (Å²) in [4.78, 5) is 52.6. The van der Waals surface area contributed by atoms with Gasteiger partial charge in [0.15, 0.2) is 11.5 Å². The van der Waals surface area contributed by atoms with Crippen LogP contribution in [0.4, 0.5) is 0 Å². The van der Waals surface area contributed by atoms with Gasteiger partial charge in [-0.3, -0.25) is 4.79 Å². The number of carbonyl (C=O) groups is 4. The standard InChI is InChI=1S/C26H33NO11/c1-10(2)6-15(29)38-20-21(33)37-14-7-12-11(3)16(30)13(28)8-23(12,4)18-17(31)19(32)25(22(34)35-5)26(20,27)24(14,18)9-36-25/h6,12,14,17-20,30-32H,7-9,27H2,1-5H3/t12-,14+,17+,18?,19-,20-,23-,24+,25-,26-/m0/s1. The number of hydrogen-bond acceptors (Lipinski definition) is 12. The summed E-state index contributed by atoms with van der Waals surface area (Å²) in [5.41, 5.74) is 0.592. The highest BCUT2D eigenvalue weighted by atomic mass is 16.6. The lowest BCUT2D eigenvalue weighted by Crippen LogP contribution is -2.90. The molecule has 3 aliphatic carbocycles. The number of hydrogen-bond donors (Lipinski definition) is 4. The predicted molar refractivity (Wildman–Crippen MR) is 126 cm³/mol. The SMILES string of the molecule is COC(=O)[C@@]12OC[C@]34C([C@@H](O)[C@@H]1O)[C@@]1(C)CC(=O)C(O)=C(C)[C@@H]1C[C@H]3OC(=O)[C@H](OC(=O)C=C(C)C)[C@@]24N. The molecule has 0 aromatic rings. The van der Waals surface area contributed by atoms with Gasteiger partial charge in [-0.2, -0.15) is 0 Å². The normalized spacial score (nSPS) is 46.9. The van der Waals surface area contributed by atoms with Crippen molar-refractivity contribution in [2.45, 2.75) is 76.1 Å². The molecule has 208 valence electrons. The maximum atomic E-state index is 13.5. The summed E-state index contributed by atoms with van der Waals surface area (Å²) >= 11 is 0. The molecule has 10 atom stereocenters. The van der Waals surface area contributed by atoms with Crippen molar-refractivity contribution in [2.24, 2.45) is 28.4 Å². The van der Waals surface area contributed by atoms with E-state index in [1.54, 1.807) is 27.7 Å². The number of methoxy groups -OCH3 is 1. The molecular formula is C26H33NO11. The topological polar surface area (TPSA) is 192 Å². The summed E-state index contributed by atoms with van der Waals surface area (Å²) in [7, 11) is 1.04. The molecule has 2 bridgehead atoms. The molecule has 5 N–H and O–H groups in total. The van der Waals surface area contributed by atoms with Crippen molar-refractivity contribution < 1.29 is 53.4 Å². The molecule has 5 rings (SSSR count). The highest BCUT2D eigenvalue weighted by Crippen LogP contribution is 2.73. The van der Waals surface area contributed by atoms with Crippen molar-refractivity contribution in [3.05, 3.63) is 23.0 Å². The molecule has 0 amide bonds. The highest BCUT2D eigenvalue weighted by molar-refractivity contribution is 5.96. The molecule has 2 saturated carbocycles. The number of allylic oxidation sites excluding steroid dienone is 3. The number of Topliss-reactive ketones (excluding diaryl/α,β-unsaturated/α-hetero) is 1. The van der Waals surface area contributed by atoms with Crippen LogP contribution in [0.3, 0.4) is 0 Å². The van der Waals surface area contributed by atoms with E-state index >= 15 is 0 Å². The minimum Gasteiger partial charge on any atom is -0.504 e. The van der Waals surface area contributed by atoms with Crippen LogP contribution in [0.2, 0.25) is 0 Å². The van der Waals surface area contributed by atoms with Gasteiger partial charge in [-0.05, 0) is 44.1 Å². The number of aliphatic hydroxyl groups is 3. The molecule has 5 aliphatic rings. The van der Waals surface area contributed by atoms with E-state index in [9.17, 15) is 34.5 Å². The van der Waals surface area contributed by atoms with Crippen molar-refractivity contribution in [3.8, 4) is 0 Å². The van der Waals surface area contributed by atoms with Gasteiger partial charge in [0.25, 0.3) is 0 Å². The van der Waals surface area contributed by atoms with Crippen molar-refractivity contribution in [1.29, 1.82) is 0 Å². The summed E-state index contributed by atoms with van der Waals surface area (Å²) in [5.74, 6) is -5.71. The number of ether oxygens (including phenoxy) is 4. The van der Waals surface area contributed by atoms with Gasteiger partial charge in [-0.1, -0.05) is 12.5 Å². The largest absolute Gasteiger partial charge is 0.504 e. The lowest BCUT2D eigenvalue weighted by molar-refractivity contribution is -0.297. The van der Waals surface area contributed by atoms with Gasteiger partial charge in [0, 0.05) is 18.4 Å². The molecule has 2 saturated heterocycles. The molecule has 2 aliphatic heterocycles. The maximum Gasteiger partial charge on any atom is 0.349 e. The third kappa shape index (κ3) is 2.78. The van der Waals surface area contributed by atoms with Crippen LogP contribution in [0.25, 0.3) is 0 Å². The van der Waals surface area contributed by atoms with Crippen molar-refractivity contribution >= 4 is 23.7 Å². The molecule has 1 unspecified atom stereocenters. The van der Waals surface area contributed by atoms with E-state index in [1.807, 2.05) is 0 Å². The Morgan fingerprint density at radius 1 is 1.21 bits per heavy atom. The van der Waals surface area contributed by atoms with Crippen LogP contribution in [0, 0.1) is 22.7 Å². The third-order valence-corrected chi connectivity index (χ3v) is 9.81. The number of rotatable bonds is 3. The summed E-state index contributed by atoms with van der Waals surface area (Å²) < 4.78 is 22.4. The fraction of sp³-hybridized carbons (Fsp3) is 0.692. The number of nitrogens with two attached hydrogens (primary N) is 1. The van der Waals surface area contributed by atoms with E-state index in [-0.39, 0.29) is 19.4 Å². The van der Waals surface area contributed by atoms with Gasteiger partial charge in [0.05, 0.1) is 25.2 Å². The van der Waals surface area contributed by atoms with Gasteiger partial charge in [-0.15, -0.1) is 0 Å². The van der Waals surface area contributed by atoms with Crippen LogP contribution >= 0.6 is 0 Å². The highest BCUT2D eigenvalue weighted by Gasteiger charge is 2.91. The molecule has 12 heteroatoms. The zero-order chi connectivity index (χ0) is 28.2. The zero-order valence-electron chi connectivity index (χ0n) is 21.8. The van der Waals surface area contributed by atoms with E-state index in [0.717, 1.165) is 13.2 Å². The Labute approximate surface area is 218 Å². The number of fused-ring (bicyclic) bond motifs is 2. The Hall–Kier alpha value is -2.80. The fourth-order valence-corrected chi connectivity index (χ4v) is 8.40. The lowest BCUT2D eigenvalue weighted by atomic mass is 9.36. The molecule has 12 nitrogen and oxygen atoms in total. The number of aliphatic hydroxyl groups excluding tert-OH is 3. The minimum atomic E-state index is -2.50. The Morgan fingerprint density at radius 3 is 2.47 bits per heavy atom. The average molecular weight is 536 g/mol. The third-order valence-electron chi connectivity index (χ3n) is 9.81. The molecule has 0 radical (unpaired) electrons. The maximum absolute atomic E-state index is 13.5. The van der Waals surface area contributed by atoms with Crippen LogP contribution in [0.1, 0.15) is 40.5 Å². The van der Waals surface area contributed by atoms with Crippen LogP contribution in [-0.2, 0) is 38.1 Å². The number of ketones is 1. The monoisotopic (exact) mass is 535 g/mol. The van der Waals surface area contributed by atoms with Crippen molar-refractivity contribution in [1.82, 2.24) is 0 Å². The van der Waals surface area contributed by atoms with E-state index in [0.29, 0.717) is 11.1 Å². The van der Waals surface area contributed by atoms with Crippen molar-refractivity contribution in [2.75, 3.05) is 13.7 Å². The van der Waals surface area contributed by atoms with Crippen LogP contribution in [0.5, 0.6) is 0 Å². The molecular weight excluding hydrogens is 502 g/mol. The summed E-state index contributed by atoms with van der Waals surface area (Å²) in [6.07, 6.45) is -5.70. The molecule has 38 heavy (non-hydrogen) atoms. The molecule has 0 aromatic carbocycles. The predicted octanol–water partition coefficient (Wildman–Crippen LogP) is -0.402. The molecule has 0 aromatic heterocycles. The second-order valence-corrected chi connectivity index (χ2v) is 11.7. The first kappa shape index (κ1) is 26.8. The Kier molecular flexibility index (Phi) is 5.71. The van der Waals surface area contributed by atoms with Crippen LogP contribution < -0.4 is 5.73 Å². The summed E-state index contributed by atoms with van der Waals surface area (Å²) in [6, 6.07) is 0. The van der Waals surface area contributed by atoms with Gasteiger partial charge in [0.1, 0.15) is 17.7 Å². The fourth-order valence-electron chi connectivity index (χ4n) is 8.40. The van der Waals surface area contributed by atoms with Crippen LogP contribution in [0.15, 0.2) is 23.0 Å². The Balaban J connectivity index is 1.79. The quantitative estimate of drug-likeness (QED) is 0.208. The van der Waals surface area contributed by atoms with Crippen LogP contribution in [-0.4, -0.2) is 88.3 Å². The first-order chi connectivity index (χ1) is 17.6. The van der Waals surface area contributed by atoms with Crippen molar-refractivity contribution in [3.63, 3.8) is 0 Å². The van der Waals surface area contributed by atoms with E-state index in [1.165, 1.54) is 0 Å². The van der Waals surface area contributed by atoms with E-state index in [4.69, 9.17) is 24.7 Å². The van der Waals surface area contributed by atoms with E-state index in [2.05, 4.69) is 0 Å². The first-order valence-electron chi connectivity index (χ1n) is 12.5. The Morgan fingerprint density at radius 2 is 1.87 bits per heavy atom. The summed E-state index contributed by atoms with van der Waals surface area (Å²) in [6.45, 7) is 6.24. The van der Waals surface area contributed by atoms with Gasteiger partial charge in [-0.25, -0.2) is 14.4 Å².